The van der Waals surface area contributed by atoms with E-state index in [1.54, 1.807) is 23.1 Å². The van der Waals surface area contributed by atoms with E-state index in [0.717, 1.165) is 35.6 Å². The number of aliphatic hydroxyl groups is 1. The van der Waals surface area contributed by atoms with Crippen LogP contribution in [0.15, 0.2) is 60.7 Å². The van der Waals surface area contributed by atoms with Crippen LogP contribution in [0.4, 0.5) is 13.6 Å². The molecule has 0 aliphatic carbocycles. The van der Waals surface area contributed by atoms with Crippen molar-refractivity contribution in [1.29, 1.82) is 0 Å². The highest BCUT2D eigenvalue weighted by Crippen LogP contribution is 2.16. The Hall–Kier alpha value is -4.35. The molecule has 3 amide bonds. The fourth-order valence-electron chi connectivity index (χ4n) is 5.37. The lowest BCUT2D eigenvalue weighted by molar-refractivity contribution is 0.0755. The Labute approximate surface area is 275 Å². The smallest absolute Gasteiger partial charge is 0.407 e. The standard InChI is InChI=1S/C36H46F2N4O5/c1-5-12-42(13-6-2)35(45)29-15-24(3)14-28(19-29)34(44)41-32(11-10-25-17-30(37)20-31(38)18-25)33(43)23-39-21-26-8-7-9-27(16-26)22-40-36(46)47-4/h7-9,14-20,32-33,39,43H,5-6,10-13,21-23H2,1-4H3,(H,40,46)(H,41,44)/t32-,33+/m0/s1. The molecule has 4 N–H and O–H groups in total. The molecule has 0 saturated heterocycles. The number of alkyl carbamates (subject to hydrolysis) is 1. The van der Waals surface area contributed by atoms with Crippen molar-refractivity contribution in [2.75, 3.05) is 26.7 Å². The Morgan fingerprint density at radius 3 is 2.15 bits per heavy atom. The van der Waals surface area contributed by atoms with Crippen LogP contribution in [0.1, 0.15) is 76.1 Å². The largest absolute Gasteiger partial charge is 0.453 e. The fraction of sp³-hybridized carbons (Fsp3) is 0.417. The summed E-state index contributed by atoms with van der Waals surface area (Å²) in [4.78, 5) is 40.0. The number of ether oxygens (including phenoxy) is 1. The topological polar surface area (TPSA) is 120 Å². The summed E-state index contributed by atoms with van der Waals surface area (Å²) < 4.78 is 32.4. The molecule has 0 unspecified atom stereocenters. The number of hydrogen-bond acceptors (Lipinski definition) is 6. The molecule has 9 nitrogen and oxygen atoms in total. The molecule has 0 radical (unpaired) electrons. The van der Waals surface area contributed by atoms with Crippen molar-refractivity contribution >= 4 is 17.9 Å². The minimum atomic E-state index is -1.06. The van der Waals surface area contributed by atoms with E-state index in [1.165, 1.54) is 19.2 Å². The summed E-state index contributed by atoms with van der Waals surface area (Å²) in [5.74, 6) is -2.03. The summed E-state index contributed by atoms with van der Waals surface area (Å²) in [6.45, 7) is 7.84. The van der Waals surface area contributed by atoms with Gasteiger partial charge in [-0.2, -0.15) is 0 Å². The summed E-state index contributed by atoms with van der Waals surface area (Å²) in [5.41, 5.74) is 3.61. The van der Waals surface area contributed by atoms with Gasteiger partial charge in [0.25, 0.3) is 11.8 Å². The molecule has 3 rings (SSSR count). The van der Waals surface area contributed by atoms with Gasteiger partial charge < -0.3 is 30.7 Å². The molecule has 0 aromatic heterocycles. The predicted octanol–water partition coefficient (Wildman–Crippen LogP) is 5.27. The molecular weight excluding hydrogens is 606 g/mol. The molecule has 0 heterocycles. The zero-order valence-corrected chi connectivity index (χ0v) is 27.6. The summed E-state index contributed by atoms with van der Waals surface area (Å²) >= 11 is 0. The molecule has 47 heavy (non-hydrogen) atoms. The van der Waals surface area contributed by atoms with E-state index in [1.807, 2.05) is 45.0 Å². The molecule has 0 saturated carbocycles. The maximum Gasteiger partial charge on any atom is 0.407 e. The lowest BCUT2D eigenvalue weighted by Gasteiger charge is -2.25. The second-order valence-corrected chi connectivity index (χ2v) is 11.6. The molecule has 11 heteroatoms. The van der Waals surface area contributed by atoms with Crippen molar-refractivity contribution in [3.63, 3.8) is 0 Å². The molecule has 0 aliphatic heterocycles. The third-order valence-corrected chi connectivity index (χ3v) is 7.60. The first kappa shape index (κ1) is 37.1. The van der Waals surface area contributed by atoms with Gasteiger partial charge >= 0.3 is 6.09 Å². The number of rotatable bonds is 17. The second kappa shape index (κ2) is 18.7. The van der Waals surface area contributed by atoms with Gasteiger partial charge in [-0.15, -0.1) is 0 Å². The minimum Gasteiger partial charge on any atom is -0.453 e. The molecular formula is C36H46F2N4O5. The number of nitrogens with zero attached hydrogens (tertiary/aromatic N) is 1. The number of aliphatic hydroxyl groups excluding tert-OH is 1. The van der Waals surface area contributed by atoms with Gasteiger partial charge in [0.2, 0.25) is 0 Å². The Morgan fingerprint density at radius 2 is 1.51 bits per heavy atom. The van der Waals surface area contributed by atoms with E-state index in [0.29, 0.717) is 37.3 Å². The van der Waals surface area contributed by atoms with Crippen molar-refractivity contribution in [2.24, 2.45) is 0 Å². The Kier molecular flexibility index (Phi) is 14.8. The zero-order chi connectivity index (χ0) is 34.3. The van der Waals surface area contributed by atoms with Crippen molar-refractivity contribution < 1.29 is 33.0 Å². The second-order valence-electron chi connectivity index (χ2n) is 11.6. The van der Waals surface area contributed by atoms with Crippen LogP contribution in [0.5, 0.6) is 0 Å². The van der Waals surface area contributed by atoms with Crippen LogP contribution in [0.25, 0.3) is 0 Å². The first-order valence-corrected chi connectivity index (χ1v) is 16.0. The van der Waals surface area contributed by atoms with Gasteiger partial charge in [0.15, 0.2) is 0 Å². The van der Waals surface area contributed by atoms with Gasteiger partial charge in [0, 0.05) is 49.9 Å². The number of halogens is 2. The molecule has 0 fully saturated rings. The summed E-state index contributed by atoms with van der Waals surface area (Å²) in [5, 5.41) is 20.0. The van der Waals surface area contributed by atoms with Crippen molar-refractivity contribution in [2.45, 2.75) is 71.7 Å². The van der Waals surface area contributed by atoms with E-state index in [2.05, 4.69) is 20.7 Å². The van der Waals surface area contributed by atoms with E-state index in [9.17, 15) is 28.3 Å². The number of methoxy groups -OCH3 is 1. The number of aryl methyl sites for hydroxylation is 2. The third-order valence-electron chi connectivity index (χ3n) is 7.60. The van der Waals surface area contributed by atoms with Crippen LogP contribution in [0.3, 0.4) is 0 Å². The predicted molar refractivity (Wildman–Crippen MR) is 177 cm³/mol. The first-order chi connectivity index (χ1) is 22.5. The zero-order valence-electron chi connectivity index (χ0n) is 27.6. The van der Waals surface area contributed by atoms with Crippen LogP contribution in [-0.4, -0.2) is 66.8 Å². The SMILES string of the molecule is CCCN(CCC)C(=O)c1cc(C)cc(C(=O)N[C@@H](CCc2cc(F)cc(F)c2)[C@H](O)CNCc2cccc(CNC(=O)OC)c2)c1. The quantitative estimate of drug-likeness (QED) is 0.158. The van der Waals surface area contributed by atoms with E-state index < -0.39 is 35.8 Å². The van der Waals surface area contributed by atoms with Gasteiger partial charge in [0.05, 0.1) is 19.3 Å². The number of carbonyl (C=O) groups is 3. The maximum absolute atomic E-state index is 13.9. The van der Waals surface area contributed by atoms with Crippen molar-refractivity contribution in [1.82, 2.24) is 20.9 Å². The van der Waals surface area contributed by atoms with Crippen LogP contribution in [-0.2, 0) is 24.2 Å². The molecule has 3 aromatic carbocycles. The van der Waals surface area contributed by atoms with Gasteiger partial charge in [-0.05, 0) is 85.2 Å². The number of benzene rings is 3. The summed E-state index contributed by atoms with van der Waals surface area (Å²) in [7, 11) is 1.29. The first-order valence-electron chi connectivity index (χ1n) is 16.0. The summed E-state index contributed by atoms with van der Waals surface area (Å²) in [6, 6.07) is 15.0. The highest BCUT2D eigenvalue weighted by atomic mass is 19.1. The van der Waals surface area contributed by atoms with Crippen LogP contribution >= 0.6 is 0 Å². The lowest BCUT2D eigenvalue weighted by Crippen LogP contribution is -2.47. The van der Waals surface area contributed by atoms with Gasteiger partial charge in [-0.25, -0.2) is 13.6 Å². The molecule has 0 bridgehead atoms. The van der Waals surface area contributed by atoms with E-state index >= 15 is 0 Å². The normalized spacial score (nSPS) is 12.2. The molecule has 254 valence electrons. The lowest BCUT2D eigenvalue weighted by atomic mass is 9.99. The van der Waals surface area contributed by atoms with E-state index in [4.69, 9.17) is 0 Å². The Balaban J connectivity index is 1.75. The maximum atomic E-state index is 13.9. The van der Waals surface area contributed by atoms with Crippen molar-refractivity contribution in [3.05, 3.63) is 106 Å². The van der Waals surface area contributed by atoms with Gasteiger partial charge in [-0.3, -0.25) is 9.59 Å². The van der Waals surface area contributed by atoms with Gasteiger partial charge in [0.1, 0.15) is 11.6 Å². The van der Waals surface area contributed by atoms with Crippen LogP contribution < -0.4 is 16.0 Å². The average Bonchev–Trinajstić information content (AvgIpc) is 3.04. The van der Waals surface area contributed by atoms with Crippen LogP contribution in [0, 0.1) is 18.6 Å². The molecule has 3 aromatic rings. The highest BCUT2D eigenvalue weighted by Gasteiger charge is 2.24. The van der Waals surface area contributed by atoms with Gasteiger partial charge in [-0.1, -0.05) is 38.1 Å². The number of carbonyl (C=O) groups excluding carboxylic acids is 3. The number of hydrogen-bond donors (Lipinski definition) is 4. The average molecular weight is 653 g/mol. The Bertz CT molecular complexity index is 1480. The summed E-state index contributed by atoms with van der Waals surface area (Å²) in [6.07, 6.45) is 0.431. The highest BCUT2D eigenvalue weighted by molar-refractivity contribution is 6.00. The molecule has 0 spiro atoms. The fourth-order valence-corrected chi connectivity index (χ4v) is 5.37. The third kappa shape index (κ3) is 12.1. The minimum absolute atomic E-state index is 0.105. The number of amides is 3. The van der Waals surface area contributed by atoms with E-state index in [-0.39, 0.29) is 30.9 Å². The monoisotopic (exact) mass is 652 g/mol. The van der Waals surface area contributed by atoms with Crippen LogP contribution in [0.2, 0.25) is 0 Å². The number of nitrogens with one attached hydrogen (secondary N) is 3. The molecule has 0 aliphatic rings. The Morgan fingerprint density at radius 1 is 0.872 bits per heavy atom. The van der Waals surface area contributed by atoms with Crippen molar-refractivity contribution in [3.8, 4) is 0 Å². The molecule has 2 atom stereocenters.